The van der Waals surface area contributed by atoms with Gasteiger partial charge >= 0.3 is 0 Å². The molecule has 3 nitrogen and oxygen atoms in total. The van der Waals surface area contributed by atoms with Crippen LogP contribution in [0.5, 0.6) is 5.75 Å². The lowest BCUT2D eigenvalue weighted by Crippen LogP contribution is -2.06. The highest BCUT2D eigenvalue weighted by atomic mass is 35.5. The third-order valence-corrected chi connectivity index (χ3v) is 4.20. The minimum absolute atomic E-state index is 0.000283. The summed E-state index contributed by atoms with van der Waals surface area (Å²) in [4.78, 5) is 12.2. The minimum atomic E-state index is 0.000283. The maximum absolute atomic E-state index is 12.2. The molecular weight excluding hydrogens is 296 g/mol. The molecule has 0 saturated heterocycles. The lowest BCUT2D eigenvalue weighted by Gasteiger charge is -2.10. The Hall–Kier alpha value is -1.39. The smallest absolute Gasteiger partial charge is 0.176 e. The van der Waals surface area contributed by atoms with Gasteiger partial charge in [0.15, 0.2) is 5.78 Å². The van der Waals surface area contributed by atoms with Crippen LogP contribution < -0.4 is 4.74 Å². The molecule has 0 aliphatic rings. The van der Waals surface area contributed by atoms with Crippen LogP contribution in [0.3, 0.4) is 0 Å². The number of hydrogen-bond acceptors (Lipinski definition) is 4. The molecule has 1 heterocycles. The van der Waals surface area contributed by atoms with Crippen molar-refractivity contribution in [2.24, 2.45) is 0 Å². The number of furan rings is 1. The van der Waals surface area contributed by atoms with E-state index >= 15 is 0 Å². The molecule has 0 saturated carbocycles. The Morgan fingerprint density at radius 2 is 2.25 bits per heavy atom. The quantitative estimate of drug-likeness (QED) is 0.743. The topological polar surface area (TPSA) is 39.4 Å². The van der Waals surface area contributed by atoms with Gasteiger partial charge in [-0.3, -0.25) is 4.79 Å². The molecule has 20 heavy (non-hydrogen) atoms. The molecule has 0 fully saturated rings. The van der Waals surface area contributed by atoms with E-state index < -0.39 is 0 Å². The average Bonchev–Trinajstić information content (AvgIpc) is 2.94. The van der Waals surface area contributed by atoms with Crippen LogP contribution in [0.15, 0.2) is 34.9 Å². The molecule has 2 aromatic rings. The highest BCUT2D eigenvalue weighted by Crippen LogP contribution is 2.28. The number of ether oxygens (including phenoxy) is 1. The Morgan fingerprint density at radius 1 is 1.45 bits per heavy atom. The number of halogens is 1. The number of aryl methyl sites for hydroxylation is 1. The Labute approximate surface area is 127 Å². The summed E-state index contributed by atoms with van der Waals surface area (Å²) >= 11 is 7.57. The normalized spacial score (nSPS) is 10.6. The zero-order valence-electron chi connectivity index (χ0n) is 11.3. The largest absolute Gasteiger partial charge is 0.496 e. The molecule has 0 amide bonds. The van der Waals surface area contributed by atoms with Crippen LogP contribution in [-0.4, -0.2) is 18.6 Å². The van der Waals surface area contributed by atoms with Crippen molar-refractivity contribution in [1.29, 1.82) is 0 Å². The maximum atomic E-state index is 12.2. The van der Waals surface area contributed by atoms with Crippen LogP contribution in [0.2, 0.25) is 5.02 Å². The first-order valence-electron chi connectivity index (χ1n) is 6.09. The lowest BCUT2D eigenvalue weighted by molar-refractivity contribution is 0.101. The van der Waals surface area contributed by atoms with Crippen molar-refractivity contribution in [3.8, 4) is 5.75 Å². The molecule has 0 bridgehead atoms. The molecule has 0 atom stereocenters. The summed E-state index contributed by atoms with van der Waals surface area (Å²) in [5.74, 6) is 2.45. The van der Waals surface area contributed by atoms with Gasteiger partial charge in [0.2, 0.25) is 0 Å². The Balaban J connectivity index is 2.03. The Morgan fingerprint density at radius 3 is 2.90 bits per heavy atom. The predicted octanol–water partition coefficient (Wildman–Crippen LogP) is 4.37. The maximum Gasteiger partial charge on any atom is 0.176 e. The standard InChI is InChI=1S/C15H15ClO3S/c1-10-6-15(18-2)12(7-13(10)16)14(17)9-20-8-11-4-3-5-19-11/h3-7H,8-9H2,1-2H3. The first kappa shape index (κ1) is 15.0. The molecule has 1 aromatic carbocycles. The van der Waals surface area contributed by atoms with Crippen molar-refractivity contribution in [2.45, 2.75) is 12.7 Å². The number of carbonyl (C=O) groups is 1. The molecule has 0 spiro atoms. The van der Waals surface area contributed by atoms with Crippen molar-refractivity contribution in [3.05, 3.63) is 52.4 Å². The van der Waals surface area contributed by atoms with Gasteiger partial charge < -0.3 is 9.15 Å². The fraction of sp³-hybridized carbons (Fsp3) is 0.267. The molecule has 5 heteroatoms. The molecule has 0 radical (unpaired) electrons. The van der Waals surface area contributed by atoms with E-state index in [0.717, 1.165) is 11.3 Å². The number of thioether (sulfide) groups is 1. The number of rotatable bonds is 6. The molecule has 0 N–H and O–H groups in total. The summed E-state index contributed by atoms with van der Waals surface area (Å²) in [6, 6.07) is 7.18. The van der Waals surface area contributed by atoms with Crippen LogP contribution in [0.1, 0.15) is 21.7 Å². The van der Waals surface area contributed by atoms with E-state index in [4.69, 9.17) is 20.8 Å². The lowest BCUT2D eigenvalue weighted by atomic mass is 10.1. The van der Waals surface area contributed by atoms with E-state index in [1.54, 1.807) is 25.5 Å². The summed E-state index contributed by atoms with van der Waals surface area (Å²) in [5, 5.41) is 0.574. The molecule has 106 valence electrons. The molecule has 1 aromatic heterocycles. The molecule has 2 rings (SSSR count). The SMILES string of the molecule is COc1cc(C)c(Cl)cc1C(=O)CSCc1ccco1. The second-order valence-corrected chi connectivity index (χ2v) is 5.69. The van der Waals surface area contributed by atoms with E-state index in [9.17, 15) is 4.79 Å². The highest BCUT2D eigenvalue weighted by molar-refractivity contribution is 7.99. The third-order valence-electron chi connectivity index (χ3n) is 2.84. The van der Waals surface area contributed by atoms with Gasteiger partial charge in [0, 0.05) is 5.02 Å². The molecule has 0 unspecified atom stereocenters. The summed E-state index contributed by atoms with van der Waals surface area (Å²) in [6.07, 6.45) is 1.63. The molecular formula is C15H15ClO3S. The van der Waals surface area contributed by atoms with E-state index in [0.29, 0.717) is 27.8 Å². The van der Waals surface area contributed by atoms with Crippen molar-refractivity contribution < 1.29 is 13.9 Å². The minimum Gasteiger partial charge on any atom is -0.496 e. The van der Waals surface area contributed by atoms with Crippen LogP contribution >= 0.6 is 23.4 Å². The number of Topliss-reactive ketones (excluding diaryl/α,β-unsaturated/α-hetero) is 1. The first-order valence-corrected chi connectivity index (χ1v) is 7.62. The van der Waals surface area contributed by atoms with E-state index in [1.165, 1.54) is 11.8 Å². The van der Waals surface area contributed by atoms with Crippen LogP contribution in [0, 0.1) is 6.92 Å². The zero-order valence-corrected chi connectivity index (χ0v) is 12.9. The Kier molecular flexibility index (Phi) is 5.15. The van der Waals surface area contributed by atoms with Crippen LogP contribution in [0.4, 0.5) is 0 Å². The highest BCUT2D eigenvalue weighted by Gasteiger charge is 2.14. The number of hydrogen-bond donors (Lipinski definition) is 0. The van der Waals surface area contributed by atoms with E-state index in [2.05, 4.69) is 0 Å². The monoisotopic (exact) mass is 310 g/mol. The van der Waals surface area contributed by atoms with E-state index in [1.807, 2.05) is 19.1 Å². The number of benzene rings is 1. The average molecular weight is 311 g/mol. The van der Waals surface area contributed by atoms with Gasteiger partial charge in [-0.25, -0.2) is 0 Å². The van der Waals surface area contributed by atoms with Gasteiger partial charge in [0.05, 0.1) is 30.4 Å². The van der Waals surface area contributed by atoms with Crippen molar-refractivity contribution >= 4 is 29.1 Å². The summed E-state index contributed by atoms with van der Waals surface area (Å²) in [6.45, 7) is 1.88. The summed E-state index contributed by atoms with van der Waals surface area (Å²) < 4.78 is 10.5. The number of methoxy groups -OCH3 is 1. The fourth-order valence-electron chi connectivity index (χ4n) is 1.76. The second kappa shape index (κ2) is 6.86. The van der Waals surface area contributed by atoms with Crippen molar-refractivity contribution in [3.63, 3.8) is 0 Å². The molecule has 0 aliphatic carbocycles. The first-order chi connectivity index (χ1) is 9.61. The number of carbonyl (C=O) groups excluding carboxylic acids is 1. The second-order valence-electron chi connectivity index (χ2n) is 4.30. The van der Waals surface area contributed by atoms with Gasteiger partial charge in [0.25, 0.3) is 0 Å². The van der Waals surface area contributed by atoms with Crippen LogP contribution in [-0.2, 0) is 5.75 Å². The van der Waals surface area contributed by atoms with Gasteiger partial charge in [-0.05, 0) is 36.8 Å². The van der Waals surface area contributed by atoms with Gasteiger partial charge in [0.1, 0.15) is 11.5 Å². The van der Waals surface area contributed by atoms with Gasteiger partial charge in [-0.2, -0.15) is 0 Å². The molecule has 0 aliphatic heterocycles. The zero-order chi connectivity index (χ0) is 14.5. The predicted molar refractivity (Wildman–Crippen MR) is 81.9 cm³/mol. The summed E-state index contributed by atoms with van der Waals surface area (Å²) in [7, 11) is 1.55. The number of ketones is 1. The van der Waals surface area contributed by atoms with Crippen molar-refractivity contribution in [2.75, 3.05) is 12.9 Å². The third kappa shape index (κ3) is 3.58. The van der Waals surface area contributed by atoms with Gasteiger partial charge in [-0.15, -0.1) is 11.8 Å². The fourth-order valence-corrected chi connectivity index (χ4v) is 2.73. The van der Waals surface area contributed by atoms with Crippen LogP contribution in [0.25, 0.3) is 0 Å². The van der Waals surface area contributed by atoms with Crippen molar-refractivity contribution in [1.82, 2.24) is 0 Å². The summed E-state index contributed by atoms with van der Waals surface area (Å²) in [5.41, 5.74) is 1.42. The van der Waals surface area contributed by atoms with E-state index in [-0.39, 0.29) is 5.78 Å². The van der Waals surface area contributed by atoms with Gasteiger partial charge in [-0.1, -0.05) is 11.6 Å². The Bertz CT molecular complexity index is 593.